The van der Waals surface area contributed by atoms with Crippen molar-refractivity contribution in [3.05, 3.63) is 77.0 Å². The maximum Gasteiger partial charge on any atom is 0.493 e. The molecule has 1 heterocycles. The lowest BCUT2D eigenvalue weighted by atomic mass is 9.52. The fraction of sp³-hybridized carbons (Fsp3) is 0.514. The van der Waals surface area contributed by atoms with Gasteiger partial charge in [0.1, 0.15) is 22.9 Å². The first-order chi connectivity index (χ1) is 23.1. The van der Waals surface area contributed by atoms with Crippen LogP contribution in [0.1, 0.15) is 27.2 Å². The molecule has 262 valence electrons. The number of carbonyl (C=O) groups excluding carboxylic acids is 3. The molecule has 0 aromatic heterocycles. The number of likely N-dealkylation sites (N-methyl/N-ethyl adjacent to an activating group) is 1. The summed E-state index contributed by atoms with van der Waals surface area (Å²) in [7, 11) is 2.57. The van der Waals surface area contributed by atoms with Gasteiger partial charge in [-0.05, 0) is 52.8 Å². The summed E-state index contributed by atoms with van der Waals surface area (Å²) in [5.74, 6) is -9.18. The molecule has 1 aliphatic heterocycles. The second-order valence-corrected chi connectivity index (χ2v) is 14.3. The van der Waals surface area contributed by atoms with Crippen molar-refractivity contribution in [2.75, 3.05) is 34.0 Å². The molecular formula is C35H44BN3O10. The number of benzene rings is 1. The van der Waals surface area contributed by atoms with Crippen LogP contribution in [0.2, 0.25) is 0 Å². The van der Waals surface area contributed by atoms with Crippen LogP contribution >= 0.6 is 0 Å². The first kappa shape index (κ1) is 35.1. The smallest absolute Gasteiger partial charge is 0.493 e. The minimum atomic E-state index is -2.71. The highest BCUT2D eigenvalue weighted by molar-refractivity contribution is 6.61. The van der Waals surface area contributed by atoms with Gasteiger partial charge >= 0.3 is 7.12 Å². The Morgan fingerprint density at radius 2 is 1.65 bits per heavy atom. The number of Topliss-reactive ketones (excluding diaryl/α,β-unsaturated/α-hetero) is 2. The maximum absolute atomic E-state index is 14.1. The Morgan fingerprint density at radius 1 is 1.02 bits per heavy atom. The van der Waals surface area contributed by atoms with Crippen molar-refractivity contribution >= 4 is 30.1 Å². The number of nitrogens with zero attached hydrogens (tertiary/aromatic N) is 2. The predicted molar refractivity (Wildman–Crippen MR) is 178 cm³/mol. The van der Waals surface area contributed by atoms with Crippen LogP contribution in [0.5, 0.6) is 0 Å². The largest absolute Gasteiger partial charge is 0.512 e. The van der Waals surface area contributed by atoms with Gasteiger partial charge in [0.2, 0.25) is 0 Å². The molecule has 1 saturated heterocycles. The van der Waals surface area contributed by atoms with Crippen molar-refractivity contribution in [1.29, 1.82) is 0 Å². The van der Waals surface area contributed by atoms with Gasteiger partial charge in [0.05, 0.1) is 24.2 Å². The third-order valence-corrected chi connectivity index (χ3v) is 11.1. The normalized spacial score (nSPS) is 36.9. The Labute approximate surface area is 285 Å². The summed E-state index contributed by atoms with van der Waals surface area (Å²) in [6.07, 6.45) is 4.28. The number of carbonyl (C=O) groups is 3. The highest BCUT2D eigenvalue weighted by Gasteiger charge is 2.67. The Bertz CT molecular complexity index is 1640. The van der Waals surface area contributed by atoms with E-state index in [2.05, 4.69) is 5.32 Å². The van der Waals surface area contributed by atoms with Crippen molar-refractivity contribution < 1.29 is 49.2 Å². The van der Waals surface area contributed by atoms with Gasteiger partial charge in [0.15, 0.2) is 17.2 Å². The number of hydrogen-bond acceptors (Lipinski definition) is 12. The summed E-state index contributed by atoms with van der Waals surface area (Å²) >= 11 is 0. The average Bonchev–Trinajstić information content (AvgIpc) is 3.05. The van der Waals surface area contributed by atoms with Gasteiger partial charge in [-0.3, -0.25) is 24.2 Å². The van der Waals surface area contributed by atoms with E-state index in [0.29, 0.717) is 0 Å². The van der Waals surface area contributed by atoms with Crippen LogP contribution in [-0.4, -0.2) is 123 Å². The molecule has 1 aromatic carbocycles. The summed E-state index contributed by atoms with van der Waals surface area (Å²) in [6.45, 7) is 5.79. The molecule has 9 atom stereocenters. The van der Waals surface area contributed by atoms with Gasteiger partial charge in [-0.15, -0.1) is 0 Å². The van der Waals surface area contributed by atoms with Crippen LogP contribution in [0.15, 0.2) is 77.0 Å². The molecule has 1 saturated carbocycles. The summed E-state index contributed by atoms with van der Waals surface area (Å²) < 4.78 is 12.1. The van der Waals surface area contributed by atoms with Gasteiger partial charge in [-0.25, -0.2) is 0 Å². The van der Waals surface area contributed by atoms with Crippen LogP contribution < -0.4 is 10.8 Å². The van der Waals surface area contributed by atoms with E-state index in [1.54, 1.807) is 20.2 Å². The van der Waals surface area contributed by atoms with Crippen molar-refractivity contribution in [2.24, 2.45) is 23.7 Å². The zero-order chi connectivity index (χ0) is 35.6. The number of aliphatic hydroxyl groups is 5. The van der Waals surface area contributed by atoms with Crippen LogP contribution in [0, 0.1) is 23.7 Å². The molecule has 0 bridgehead atoms. The predicted octanol–water partition coefficient (Wildman–Crippen LogP) is 0.663. The molecule has 2 fully saturated rings. The molecule has 6 rings (SSSR count). The van der Waals surface area contributed by atoms with Crippen LogP contribution in [-0.2, 0) is 23.7 Å². The highest BCUT2D eigenvalue weighted by Crippen LogP contribution is 2.57. The van der Waals surface area contributed by atoms with E-state index < -0.39 is 82.6 Å². The van der Waals surface area contributed by atoms with Crippen molar-refractivity contribution in [2.45, 2.75) is 56.5 Å². The summed E-state index contributed by atoms with van der Waals surface area (Å²) in [6, 6.07) is 7.91. The lowest BCUT2D eigenvalue weighted by Crippen LogP contribution is -2.66. The minimum Gasteiger partial charge on any atom is -0.512 e. The Hall–Kier alpha value is -3.79. The molecule has 14 heteroatoms. The molecule has 0 radical (unpaired) electrons. The zero-order valence-electron chi connectivity index (χ0n) is 28.2. The van der Waals surface area contributed by atoms with Crippen LogP contribution in [0.4, 0.5) is 0 Å². The second-order valence-electron chi connectivity index (χ2n) is 14.3. The topological polar surface area (TPSA) is 189 Å². The average molecular weight is 678 g/mol. The molecule has 0 unspecified atom stereocenters. The lowest BCUT2D eigenvalue weighted by molar-refractivity contribution is -0.152. The number of fused-ring (bicyclic) bond motifs is 3. The van der Waals surface area contributed by atoms with E-state index in [0.717, 1.165) is 5.46 Å². The molecular weight excluding hydrogens is 633 g/mol. The highest BCUT2D eigenvalue weighted by atomic mass is 16.6. The quantitative estimate of drug-likeness (QED) is 0.189. The van der Waals surface area contributed by atoms with Crippen LogP contribution in [0.3, 0.4) is 0 Å². The summed E-state index contributed by atoms with van der Waals surface area (Å²) in [5, 5.41) is 60.7. The number of amides is 1. The number of nitrogens with one attached hydrogen (secondary N) is 1. The van der Waals surface area contributed by atoms with Gasteiger partial charge in [0.25, 0.3) is 5.91 Å². The number of ketones is 2. The monoisotopic (exact) mass is 677 g/mol. The zero-order valence-corrected chi connectivity index (χ0v) is 28.2. The minimum absolute atomic E-state index is 0.0683. The van der Waals surface area contributed by atoms with Gasteiger partial charge in [-0.2, -0.15) is 0 Å². The molecule has 13 nitrogen and oxygen atoms in total. The Morgan fingerprint density at radius 3 is 2.27 bits per heavy atom. The fourth-order valence-electron chi connectivity index (χ4n) is 8.40. The van der Waals surface area contributed by atoms with Crippen molar-refractivity contribution in [3.63, 3.8) is 0 Å². The molecule has 6 N–H and O–H groups in total. The van der Waals surface area contributed by atoms with E-state index >= 15 is 0 Å². The van der Waals surface area contributed by atoms with E-state index in [9.17, 15) is 39.9 Å². The SMILES string of the molecule is C[C@@H]1COB(c2ccccc2)OC[C@H](C)N1CNC(=O)C1=C(O)[C@@]2(O)C(O)=C3C(=O)[C@@H]4C(O)=CC=C[C@@H]4[C@](C)(O)[C@@H]3C[C@H]2[C@@H](N(C)C)C1=O. The van der Waals surface area contributed by atoms with Crippen molar-refractivity contribution in [1.82, 2.24) is 15.1 Å². The molecule has 49 heavy (non-hydrogen) atoms. The number of rotatable bonds is 5. The maximum atomic E-state index is 14.1. The third-order valence-electron chi connectivity index (χ3n) is 11.1. The second kappa shape index (κ2) is 12.8. The number of hydrogen-bond donors (Lipinski definition) is 6. The van der Waals surface area contributed by atoms with E-state index in [1.807, 2.05) is 49.1 Å². The van der Waals surface area contributed by atoms with Gasteiger partial charge < -0.3 is 40.2 Å². The summed E-state index contributed by atoms with van der Waals surface area (Å²) in [5.41, 5.74) is -4.62. The van der Waals surface area contributed by atoms with Gasteiger partial charge in [-0.1, -0.05) is 42.5 Å². The lowest BCUT2D eigenvalue weighted by Gasteiger charge is -2.55. The Balaban J connectivity index is 1.31. The first-order valence-electron chi connectivity index (χ1n) is 16.6. The van der Waals surface area contributed by atoms with E-state index in [4.69, 9.17) is 9.31 Å². The van der Waals surface area contributed by atoms with E-state index in [1.165, 1.54) is 24.0 Å². The molecule has 5 aliphatic rings. The molecule has 4 aliphatic carbocycles. The summed E-state index contributed by atoms with van der Waals surface area (Å²) in [4.78, 5) is 45.1. The molecule has 0 spiro atoms. The standard InChI is InChI=1S/C35H44BN3O10/c1-18-15-48-36(20-10-7-6-8-11-20)49-16-19(2)39(18)17-37-33(45)27-30(42)28(38(4)5)23-14-22-26(31(43)35(23,47)32(27)44)29(41)25-21(34(22,3)46)12-9-13-24(25)40/h6-13,18-19,21-23,25,28,40,43-44,46-47H,14-17H2,1-5H3,(H,37,45)/t18-,19+,21-,22+,23-,25-,28+,34-,35-/m0/s1. The number of allylic oxidation sites excluding steroid dienone is 3. The molecule has 1 amide bonds. The fourth-order valence-corrected chi connectivity index (χ4v) is 8.40. The third kappa shape index (κ3) is 5.54. The van der Waals surface area contributed by atoms with E-state index in [-0.39, 0.29) is 49.7 Å². The number of aliphatic hydroxyl groups excluding tert-OH is 3. The van der Waals surface area contributed by atoms with Gasteiger partial charge in [0, 0.05) is 48.6 Å². The molecule has 1 aromatic rings. The Kier molecular flexibility index (Phi) is 9.18. The van der Waals surface area contributed by atoms with Crippen molar-refractivity contribution in [3.8, 4) is 0 Å². The first-order valence-corrected chi connectivity index (χ1v) is 16.6. The van der Waals surface area contributed by atoms with Crippen LogP contribution in [0.25, 0.3) is 0 Å².